The molecular weight excluding hydrogens is 128 g/mol. The monoisotopic (exact) mass is 134 g/mol. The topological polar surface area (TPSA) is 56.2 Å². The van der Waals surface area contributed by atoms with Crippen molar-refractivity contribution in [2.45, 2.75) is 0 Å². The van der Waals surface area contributed by atoms with E-state index in [1.807, 2.05) is 0 Å². The lowest BCUT2D eigenvalue weighted by molar-refractivity contribution is 1.08. The molecule has 4 heteroatoms. The highest BCUT2D eigenvalue weighted by molar-refractivity contribution is 5.66. The number of rotatable bonds is 0. The van der Waals surface area contributed by atoms with Crippen LogP contribution >= 0.6 is 0 Å². The Labute approximate surface area is 57.3 Å². The molecule has 2 heterocycles. The van der Waals surface area contributed by atoms with Crippen LogP contribution in [0.1, 0.15) is 0 Å². The number of nitrogens with zero attached hydrogens (tertiary/aromatic N) is 3. The molecule has 0 unspecified atom stereocenters. The molecule has 0 amide bonds. The normalized spacial score (nSPS) is 10.4. The molecule has 0 aliphatic heterocycles. The third-order valence-corrected chi connectivity index (χ3v) is 1.37. The zero-order valence-electron chi connectivity index (χ0n) is 5.23. The maximum absolute atomic E-state index is 5.58. The third-order valence-electron chi connectivity index (χ3n) is 1.37. The zero-order chi connectivity index (χ0) is 6.97. The fraction of sp³-hybridized carbons (Fsp3) is 0. The number of fused-ring (bicyclic) bond motifs is 1. The van der Waals surface area contributed by atoms with E-state index in [-0.39, 0.29) is 0 Å². The fourth-order valence-corrected chi connectivity index (χ4v) is 0.872. The summed E-state index contributed by atoms with van der Waals surface area (Å²) in [7, 11) is 0. The van der Waals surface area contributed by atoms with Crippen LogP contribution in [0.5, 0.6) is 0 Å². The summed E-state index contributed by atoms with van der Waals surface area (Å²) in [5.74, 6) is 0. The molecule has 0 aromatic carbocycles. The van der Waals surface area contributed by atoms with Gasteiger partial charge in [0, 0.05) is 0 Å². The molecule has 50 valence electrons. The molecule has 0 bridgehead atoms. The van der Waals surface area contributed by atoms with Crippen molar-refractivity contribution >= 4 is 11.2 Å². The van der Waals surface area contributed by atoms with Crippen LogP contribution in [0, 0.1) is 0 Å². The van der Waals surface area contributed by atoms with Crippen molar-refractivity contribution in [1.82, 2.24) is 14.4 Å². The van der Waals surface area contributed by atoms with Crippen molar-refractivity contribution in [3.8, 4) is 0 Å². The second kappa shape index (κ2) is 1.70. The van der Waals surface area contributed by atoms with Crippen molar-refractivity contribution < 1.29 is 0 Å². The van der Waals surface area contributed by atoms with Crippen molar-refractivity contribution in [3.63, 3.8) is 0 Å². The van der Waals surface area contributed by atoms with Crippen LogP contribution in [0.15, 0.2) is 25.0 Å². The zero-order valence-corrected chi connectivity index (χ0v) is 5.23. The maximum atomic E-state index is 5.58. The third kappa shape index (κ3) is 0.556. The quantitative estimate of drug-likeness (QED) is 0.564. The maximum Gasteiger partial charge on any atom is 0.100 e. The molecule has 0 saturated heterocycles. The van der Waals surface area contributed by atoms with Crippen LogP contribution in [0.4, 0.5) is 5.69 Å². The molecule has 0 fully saturated rings. The predicted molar refractivity (Wildman–Crippen MR) is 37.4 cm³/mol. The standard InChI is InChI=1S/C6H6N4/c7-5-1-8-3-10-4-9-2-6(5)10/h1-4H,7H2. The van der Waals surface area contributed by atoms with Crippen LogP contribution in [-0.2, 0) is 0 Å². The molecule has 0 saturated carbocycles. The predicted octanol–water partition coefficient (Wildman–Crippen LogP) is 0.312. The number of nitrogen functional groups attached to an aromatic ring is 1. The number of anilines is 1. The largest absolute Gasteiger partial charge is 0.396 e. The summed E-state index contributed by atoms with van der Waals surface area (Å²) in [6.45, 7) is 0. The summed E-state index contributed by atoms with van der Waals surface area (Å²) >= 11 is 0. The molecule has 2 aromatic rings. The molecule has 2 N–H and O–H groups in total. The van der Waals surface area contributed by atoms with Crippen LogP contribution in [0.3, 0.4) is 0 Å². The molecule has 10 heavy (non-hydrogen) atoms. The van der Waals surface area contributed by atoms with E-state index in [9.17, 15) is 0 Å². The minimum atomic E-state index is 0.653. The Morgan fingerprint density at radius 1 is 1.20 bits per heavy atom. The molecule has 0 radical (unpaired) electrons. The van der Waals surface area contributed by atoms with E-state index >= 15 is 0 Å². The van der Waals surface area contributed by atoms with E-state index in [4.69, 9.17) is 5.73 Å². The van der Waals surface area contributed by atoms with Crippen molar-refractivity contribution in [1.29, 1.82) is 0 Å². The highest BCUT2D eigenvalue weighted by Crippen LogP contribution is 2.08. The smallest absolute Gasteiger partial charge is 0.100 e. The van der Waals surface area contributed by atoms with Crippen molar-refractivity contribution in [2.75, 3.05) is 5.73 Å². The number of nitrogens with two attached hydrogens (primary N) is 1. The van der Waals surface area contributed by atoms with E-state index in [0.717, 1.165) is 5.52 Å². The molecule has 0 spiro atoms. The minimum absolute atomic E-state index is 0.653. The van der Waals surface area contributed by atoms with E-state index in [0.29, 0.717) is 5.69 Å². The van der Waals surface area contributed by atoms with Gasteiger partial charge < -0.3 is 5.73 Å². The Balaban J connectivity index is 2.95. The van der Waals surface area contributed by atoms with Gasteiger partial charge in [0.25, 0.3) is 0 Å². The van der Waals surface area contributed by atoms with Crippen molar-refractivity contribution in [3.05, 3.63) is 25.0 Å². The molecule has 0 aliphatic carbocycles. The Kier molecular flexibility index (Phi) is 0.887. The molecular formula is C6H6N4. The van der Waals surface area contributed by atoms with Crippen LogP contribution in [-0.4, -0.2) is 14.4 Å². The van der Waals surface area contributed by atoms with Gasteiger partial charge in [0.05, 0.1) is 23.6 Å². The van der Waals surface area contributed by atoms with Gasteiger partial charge in [-0.1, -0.05) is 0 Å². The van der Waals surface area contributed by atoms with Gasteiger partial charge in [0.2, 0.25) is 0 Å². The molecule has 2 aromatic heterocycles. The Morgan fingerprint density at radius 3 is 2.60 bits per heavy atom. The lowest BCUT2D eigenvalue weighted by Gasteiger charge is -1.93. The highest BCUT2D eigenvalue weighted by Gasteiger charge is 1.94. The average Bonchev–Trinajstić information content (AvgIpc) is 2.36. The molecule has 0 aliphatic rings. The second-order valence-electron chi connectivity index (χ2n) is 2.04. The fourth-order valence-electron chi connectivity index (χ4n) is 0.872. The highest BCUT2D eigenvalue weighted by atomic mass is 15.0. The van der Waals surface area contributed by atoms with Gasteiger partial charge >= 0.3 is 0 Å². The first-order chi connectivity index (χ1) is 4.88. The lowest BCUT2D eigenvalue weighted by atomic mass is 10.4. The number of imidazole rings is 1. The summed E-state index contributed by atoms with van der Waals surface area (Å²) < 4.78 is 1.77. The van der Waals surface area contributed by atoms with Gasteiger partial charge in [-0.25, -0.2) is 9.97 Å². The van der Waals surface area contributed by atoms with Crippen molar-refractivity contribution in [2.24, 2.45) is 0 Å². The van der Waals surface area contributed by atoms with Crippen LogP contribution in [0.2, 0.25) is 0 Å². The van der Waals surface area contributed by atoms with Crippen LogP contribution < -0.4 is 5.73 Å². The first-order valence-corrected chi connectivity index (χ1v) is 2.89. The van der Waals surface area contributed by atoms with Gasteiger partial charge in [0.15, 0.2) is 0 Å². The van der Waals surface area contributed by atoms with E-state index < -0.39 is 0 Å². The van der Waals surface area contributed by atoms with Gasteiger partial charge in [-0.05, 0) is 0 Å². The minimum Gasteiger partial charge on any atom is -0.396 e. The lowest BCUT2D eigenvalue weighted by Crippen LogP contribution is -1.91. The molecule has 4 nitrogen and oxygen atoms in total. The summed E-state index contributed by atoms with van der Waals surface area (Å²) in [5.41, 5.74) is 7.13. The molecule has 2 rings (SSSR count). The summed E-state index contributed by atoms with van der Waals surface area (Å²) in [4.78, 5) is 7.79. The Hall–Kier alpha value is -1.58. The van der Waals surface area contributed by atoms with E-state index in [1.54, 1.807) is 29.4 Å². The van der Waals surface area contributed by atoms with Gasteiger partial charge in [0.1, 0.15) is 12.7 Å². The first kappa shape index (κ1) is 5.22. The van der Waals surface area contributed by atoms with Crippen LogP contribution in [0.25, 0.3) is 5.52 Å². The second-order valence-corrected chi connectivity index (χ2v) is 2.04. The van der Waals surface area contributed by atoms with E-state index in [1.165, 1.54) is 0 Å². The first-order valence-electron chi connectivity index (χ1n) is 2.89. The van der Waals surface area contributed by atoms with E-state index in [2.05, 4.69) is 9.97 Å². The number of hydrogen-bond donors (Lipinski definition) is 1. The Morgan fingerprint density at radius 2 is 1.90 bits per heavy atom. The summed E-state index contributed by atoms with van der Waals surface area (Å²) in [6.07, 6.45) is 6.64. The summed E-state index contributed by atoms with van der Waals surface area (Å²) in [6, 6.07) is 0. The Bertz CT molecular complexity index is 351. The number of aromatic nitrogens is 3. The SMILES string of the molecule is Nc1cncn2cncc12. The van der Waals surface area contributed by atoms with Gasteiger partial charge in [-0.2, -0.15) is 0 Å². The summed E-state index contributed by atoms with van der Waals surface area (Å²) in [5, 5.41) is 0. The average molecular weight is 134 g/mol. The number of hydrogen-bond acceptors (Lipinski definition) is 3. The van der Waals surface area contributed by atoms with Gasteiger partial charge in [-0.3, -0.25) is 4.40 Å². The van der Waals surface area contributed by atoms with Gasteiger partial charge in [-0.15, -0.1) is 0 Å². The molecule has 0 atom stereocenters.